The van der Waals surface area contributed by atoms with Gasteiger partial charge in [-0.15, -0.1) is 0 Å². The molecule has 0 unspecified atom stereocenters. The second kappa shape index (κ2) is 8.20. The van der Waals surface area contributed by atoms with Gasteiger partial charge in [0.25, 0.3) is 0 Å². The van der Waals surface area contributed by atoms with Crippen molar-refractivity contribution in [1.82, 2.24) is 9.97 Å². The Bertz CT molecular complexity index is 934. The maximum atomic E-state index is 14.4. The molecule has 1 aliphatic carbocycles. The van der Waals surface area contributed by atoms with Crippen LogP contribution >= 0.6 is 0 Å². The van der Waals surface area contributed by atoms with Crippen LogP contribution in [-0.2, 0) is 4.74 Å². The minimum Gasteiger partial charge on any atom is -0.444 e. The molecule has 1 N–H and O–H groups in total. The first kappa shape index (κ1) is 22.0. The third-order valence-electron chi connectivity index (χ3n) is 4.81. The standard InChI is InChI=1S/C21H23F4N3O2/c1-20(2,3)30-19(29)28-17-14(15-10-13(22)11-27-18(15)23)6-9-26-16(17)12-4-7-21(24,25)8-5-12/h6,9-12H,4-5,7-8H2,1-3H3,(H,28,29). The number of nitrogens with one attached hydrogen (secondary N) is 1. The van der Waals surface area contributed by atoms with Crippen molar-refractivity contribution in [3.05, 3.63) is 42.0 Å². The summed E-state index contributed by atoms with van der Waals surface area (Å²) in [6.07, 6.45) is 0.972. The molecule has 0 aliphatic heterocycles. The summed E-state index contributed by atoms with van der Waals surface area (Å²) in [7, 11) is 0. The van der Waals surface area contributed by atoms with E-state index in [1.54, 1.807) is 20.8 Å². The van der Waals surface area contributed by atoms with Crippen LogP contribution in [0.1, 0.15) is 58.1 Å². The number of nitrogens with zero attached hydrogens (tertiary/aromatic N) is 2. The molecule has 2 heterocycles. The van der Waals surface area contributed by atoms with Gasteiger partial charge in [-0.25, -0.2) is 22.9 Å². The van der Waals surface area contributed by atoms with Gasteiger partial charge in [0, 0.05) is 36.1 Å². The van der Waals surface area contributed by atoms with Gasteiger partial charge >= 0.3 is 6.09 Å². The minimum absolute atomic E-state index is 0.105. The predicted octanol–water partition coefficient (Wildman–Crippen LogP) is 6.06. The molecular weight excluding hydrogens is 402 g/mol. The highest BCUT2D eigenvalue weighted by molar-refractivity contribution is 5.92. The Balaban J connectivity index is 2.06. The SMILES string of the molecule is CC(C)(C)OC(=O)Nc1c(-c2cc(F)cnc2F)ccnc1C1CCC(F)(F)CC1. The predicted molar refractivity (Wildman–Crippen MR) is 103 cm³/mol. The molecule has 1 amide bonds. The van der Waals surface area contributed by atoms with Crippen LogP contribution in [0.2, 0.25) is 0 Å². The first-order valence-corrected chi connectivity index (χ1v) is 9.63. The Morgan fingerprint density at radius 1 is 1.17 bits per heavy atom. The number of carbonyl (C=O) groups is 1. The zero-order valence-electron chi connectivity index (χ0n) is 16.9. The molecule has 0 atom stereocenters. The van der Waals surface area contributed by atoms with Crippen LogP contribution in [0.3, 0.4) is 0 Å². The fourth-order valence-corrected chi connectivity index (χ4v) is 3.47. The number of hydrogen-bond acceptors (Lipinski definition) is 4. The average Bonchev–Trinajstić information content (AvgIpc) is 2.63. The van der Waals surface area contributed by atoms with E-state index in [0.29, 0.717) is 5.69 Å². The van der Waals surface area contributed by atoms with E-state index in [1.807, 2.05) is 0 Å². The first-order chi connectivity index (χ1) is 14.0. The molecule has 0 aromatic carbocycles. The van der Waals surface area contributed by atoms with Gasteiger partial charge in [0.15, 0.2) is 0 Å². The summed E-state index contributed by atoms with van der Waals surface area (Å²) in [5, 5.41) is 2.57. The number of carbonyl (C=O) groups excluding carboxylic acids is 1. The van der Waals surface area contributed by atoms with Crippen molar-refractivity contribution >= 4 is 11.8 Å². The molecule has 2 aromatic rings. The number of aromatic nitrogens is 2. The smallest absolute Gasteiger partial charge is 0.412 e. The van der Waals surface area contributed by atoms with Crippen molar-refractivity contribution in [3.63, 3.8) is 0 Å². The molecule has 5 nitrogen and oxygen atoms in total. The van der Waals surface area contributed by atoms with Crippen molar-refractivity contribution in [1.29, 1.82) is 0 Å². The number of anilines is 1. The van der Waals surface area contributed by atoms with Gasteiger partial charge < -0.3 is 4.74 Å². The van der Waals surface area contributed by atoms with E-state index in [4.69, 9.17) is 4.74 Å². The van der Waals surface area contributed by atoms with Gasteiger partial charge in [-0.2, -0.15) is 4.39 Å². The quantitative estimate of drug-likeness (QED) is 0.479. The van der Waals surface area contributed by atoms with Crippen molar-refractivity contribution in [2.75, 3.05) is 5.32 Å². The lowest BCUT2D eigenvalue weighted by Gasteiger charge is -2.30. The molecular formula is C21H23F4N3O2. The van der Waals surface area contributed by atoms with Crippen molar-refractivity contribution in [2.45, 2.75) is 63.9 Å². The third-order valence-corrected chi connectivity index (χ3v) is 4.81. The van der Waals surface area contributed by atoms with Gasteiger partial charge in [-0.1, -0.05) is 0 Å². The summed E-state index contributed by atoms with van der Waals surface area (Å²) in [6.45, 7) is 5.03. The number of hydrogen-bond donors (Lipinski definition) is 1. The summed E-state index contributed by atoms with van der Waals surface area (Å²) in [5.74, 6) is -4.81. The van der Waals surface area contributed by atoms with Crippen LogP contribution in [0.5, 0.6) is 0 Å². The molecule has 162 valence electrons. The lowest BCUT2D eigenvalue weighted by atomic mass is 9.83. The Morgan fingerprint density at radius 2 is 1.83 bits per heavy atom. The lowest BCUT2D eigenvalue weighted by molar-refractivity contribution is -0.0384. The maximum Gasteiger partial charge on any atom is 0.412 e. The Kier molecular flexibility index (Phi) is 6.01. The highest BCUT2D eigenvalue weighted by Gasteiger charge is 2.37. The Morgan fingerprint density at radius 3 is 2.47 bits per heavy atom. The second-order valence-corrected chi connectivity index (χ2v) is 8.37. The molecule has 1 fully saturated rings. The summed E-state index contributed by atoms with van der Waals surface area (Å²) in [5.41, 5.74) is -0.394. The second-order valence-electron chi connectivity index (χ2n) is 8.37. The summed E-state index contributed by atoms with van der Waals surface area (Å²) in [4.78, 5) is 20.1. The van der Waals surface area contributed by atoms with E-state index in [2.05, 4.69) is 15.3 Å². The van der Waals surface area contributed by atoms with Crippen LogP contribution in [0, 0.1) is 11.8 Å². The molecule has 30 heavy (non-hydrogen) atoms. The topological polar surface area (TPSA) is 64.1 Å². The van der Waals surface area contributed by atoms with Crippen LogP contribution in [0.15, 0.2) is 24.5 Å². The van der Waals surface area contributed by atoms with Gasteiger partial charge in [0.2, 0.25) is 11.9 Å². The number of pyridine rings is 2. The van der Waals surface area contributed by atoms with E-state index in [9.17, 15) is 22.4 Å². The van der Waals surface area contributed by atoms with Crippen molar-refractivity contribution < 1.29 is 27.1 Å². The van der Waals surface area contributed by atoms with Crippen LogP contribution < -0.4 is 5.32 Å². The summed E-state index contributed by atoms with van der Waals surface area (Å²) < 4.78 is 60.7. The number of ether oxygens (including phenoxy) is 1. The zero-order valence-corrected chi connectivity index (χ0v) is 16.9. The minimum atomic E-state index is -2.74. The van der Waals surface area contributed by atoms with E-state index in [-0.39, 0.29) is 48.4 Å². The molecule has 9 heteroatoms. The van der Waals surface area contributed by atoms with Crippen molar-refractivity contribution in [3.8, 4) is 11.1 Å². The van der Waals surface area contributed by atoms with E-state index < -0.39 is 29.4 Å². The molecule has 2 aromatic heterocycles. The van der Waals surface area contributed by atoms with Crippen LogP contribution in [-0.4, -0.2) is 27.6 Å². The van der Waals surface area contributed by atoms with Crippen molar-refractivity contribution in [2.24, 2.45) is 0 Å². The summed E-state index contributed by atoms with van der Waals surface area (Å²) >= 11 is 0. The first-order valence-electron chi connectivity index (χ1n) is 9.63. The third kappa shape index (κ3) is 5.25. The highest BCUT2D eigenvalue weighted by atomic mass is 19.3. The van der Waals surface area contributed by atoms with E-state index in [0.717, 1.165) is 12.3 Å². The summed E-state index contributed by atoms with van der Waals surface area (Å²) in [6, 6.07) is 2.36. The number of rotatable bonds is 3. The molecule has 0 saturated heterocycles. The van der Waals surface area contributed by atoms with Crippen LogP contribution in [0.4, 0.5) is 28.0 Å². The molecule has 0 bridgehead atoms. The molecule has 1 aliphatic rings. The fourth-order valence-electron chi connectivity index (χ4n) is 3.47. The highest BCUT2D eigenvalue weighted by Crippen LogP contribution is 2.44. The van der Waals surface area contributed by atoms with Gasteiger partial charge in [0.1, 0.15) is 11.4 Å². The monoisotopic (exact) mass is 425 g/mol. The fraction of sp³-hybridized carbons (Fsp3) is 0.476. The molecule has 1 saturated carbocycles. The van der Waals surface area contributed by atoms with Gasteiger partial charge in [-0.3, -0.25) is 10.3 Å². The Hall–Kier alpha value is -2.71. The number of amides is 1. The van der Waals surface area contributed by atoms with Gasteiger partial charge in [0.05, 0.1) is 17.6 Å². The molecule has 3 rings (SSSR count). The molecule has 0 spiro atoms. The maximum absolute atomic E-state index is 14.4. The zero-order chi connectivity index (χ0) is 22.1. The Labute approximate surface area is 171 Å². The largest absolute Gasteiger partial charge is 0.444 e. The average molecular weight is 425 g/mol. The number of halogens is 4. The van der Waals surface area contributed by atoms with E-state index in [1.165, 1.54) is 12.3 Å². The van der Waals surface area contributed by atoms with E-state index >= 15 is 0 Å². The van der Waals surface area contributed by atoms with Crippen LogP contribution in [0.25, 0.3) is 11.1 Å². The van der Waals surface area contributed by atoms with Gasteiger partial charge in [-0.05, 0) is 45.7 Å². The molecule has 0 radical (unpaired) electrons. The normalized spacial score (nSPS) is 16.9. The lowest BCUT2D eigenvalue weighted by Crippen LogP contribution is -2.29. The number of alkyl halides is 2.